The molecule has 0 saturated heterocycles. The summed E-state index contributed by atoms with van der Waals surface area (Å²) in [5.41, 5.74) is 0.573. The molecule has 0 unspecified atom stereocenters. The maximum absolute atomic E-state index is 13.6. The van der Waals surface area contributed by atoms with Gasteiger partial charge in [0.1, 0.15) is 29.7 Å². The van der Waals surface area contributed by atoms with Gasteiger partial charge in [0, 0.05) is 0 Å². The van der Waals surface area contributed by atoms with E-state index in [-0.39, 0.29) is 5.75 Å². The van der Waals surface area contributed by atoms with Crippen molar-refractivity contribution in [1.82, 2.24) is 0 Å². The van der Waals surface area contributed by atoms with Gasteiger partial charge in [0.25, 0.3) is 0 Å². The lowest BCUT2D eigenvalue weighted by Gasteiger charge is -2.08. The molecule has 126 valence electrons. The molecule has 0 aromatic heterocycles. The average molecular weight is 340 g/mol. The lowest BCUT2D eigenvalue weighted by molar-refractivity contribution is 0.0729. The fourth-order valence-electron chi connectivity index (χ4n) is 2.16. The highest BCUT2D eigenvalue weighted by Gasteiger charge is 2.15. The molecule has 25 heavy (non-hydrogen) atoms. The maximum Gasteiger partial charge on any atom is 0.346 e. The molecule has 0 aliphatic rings. The van der Waals surface area contributed by atoms with Gasteiger partial charge in [0.2, 0.25) is 0 Å². The van der Waals surface area contributed by atoms with E-state index in [1.165, 1.54) is 12.1 Å². The minimum absolute atomic E-state index is 0.209. The lowest BCUT2D eigenvalue weighted by atomic mass is 10.2. The number of carbonyl (C=O) groups excluding carboxylic acids is 1. The second-order valence-corrected chi connectivity index (χ2v) is 5.26. The lowest BCUT2D eigenvalue weighted by Crippen LogP contribution is -2.11. The van der Waals surface area contributed by atoms with Gasteiger partial charge in [-0.3, -0.25) is 0 Å². The van der Waals surface area contributed by atoms with E-state index < -0.39 is 23.2 Å². The van der Waals surface area contributed by atoms with Crippen molar-refractivity contribution < 1.29 is 23.0 Å². The zero-order valence-electron chi connectivity index (χ0n) is 13.1. The molecular weight excluding hydrogens is 326 g/mol. The Balaban J connectivity index is 1.62. The number of carbonyl (C=O) groups is 1. The van der Waals surface area contributed by atoms with Gasteiger partial charge in [-0.15, -0.1) is 0 Å². The standard InChI is InChI=1S/C20H14F2O3/c21-15-6-11-19(22)18(12-15)20(23)25-17-9-7-16(8-10-17)24-13-14-4-2-1-3-5-14/h1-12H,13H2. The highest BCUT2D eigenvalue weighted by molar-refractivity contribution is 5.91. The van der Waals surface area contributed by atoms with E-state index in [9.17, 15) is 13.6 Å². The van der Waals surface area contributed by atoms with Crippen molar-refractivity contribution in [1.29, 1.82) is 0 Å². The Morgan fingerprint density at radius 2 is 1.52 bits per heavy atom. The van der Waals surface area contributed by atoms with Gasteiger partial charge in [-0.1, -0.05) is 30.3 Å². The van der Waals surface area contributed by atoms with E-state index in [0.717, 1.165) is 23.8 Å². The first-order valence-corrected chi connectivity index (χ1v) is 7.56. The molecule has 0 aliphatic carbocycles. The molecular formula is C20H14F2O3. The molecule has 5 heteroatoms. The fraction of sp³-hybridized carbons (Fsp3) is 0.0500. The third-order valence-corrected chi connectivity index (χ3v) is 3.43. The number of hydrogen-bond acceptors (Lipinski definition) is 3. The van der Waals surface area contributed by atoms with E-state index in [4.69, 9.17) is 9.47 Å². The molecule has 0 radical (unpaired) electrons. The topological polar surface area (TPSA) is 35.5 Å². The monoisotopic (exact) mass is 340 g/mol. The van der Waals surface area contributed by atoms with Crippen LogP contribution in [0.1, 0.15) is 15.9 Å². The number of rotatable bonds is 5. The van der Waals surface area contributed by atoms with E-state index in [2.05, 4.69) is 0 Å². The van der Waals surface area contributed by atoms with Crippen molar-refractivity contribution >= 4 is 5.97 Å². The Labute approximate surface area is 143 Å². The third kappa shape index (κ3) is 4.41. The minimum atomic E-state index is -0.963. The number of halogens is 2. The largest absolute Gasteiger partial charge is 0.489 e. The summed E-state index contributed by atoms with van der Waals surface area (Å²) < 4.78 is 37.4. The van der Waals surface area contributed by atoms with Gasteiger partial charge < -0.3 is 9.47 Å². The van der Waals surface area contributed by atoms with Crippen LogP contribution < -0.4 is 9.47 Å². The predicted molar refractivity (Wildman–Crippen MR) is 88.5 cm³/mol. The first-order valence-electron chi connectivity index (χ1n) is 7.56. The summed E-state index contributed by atoms with van der Waals surface area (Å²) in [5.74, 6) is -1.71. The first-order chi connectivity index (χ1) is 12.1. The van der Waals surface area contributed by atoms with Crippen LogP contribution >= 0.6 is 0 Å². The van der Waals surface area contributed by atoms with E-state index >= 15 is 0 Å². The molecule has 0 aliphatic heterocycles. The van der Waals surface area contributed by atoms with E-state index in [0.29, 0.717) is 12.4 Å². The minimum Gasteiger partial charge on any atom is -0.489 e. The van der Waals surface area contributed by atoms with E-state index in [1.54, 1.807) is 12.1 Å². The van der Waals surface area contributed by atoms with Crippen molar-refractivity contribution in [3.05, 3.63) is 95.6 Å². The van der Waals surface area contributed by atoms with Crippen LogP contribution in [0.5, 0.6) is 11.5 Å². The van der Waals surface area contributed by atoms with Crippen molar-refractivity contribution in [2.24, 2.45) is 0 Å². The maximum atomic E-state index is 13.6. The van der Waals surface area contributed by atoms with Gasteiger partial charge >= 0.3 is 5.97 Å². The van der Waals surface area contributed by atoms with Crippen molar-refractivity contribution in [2.45, 2.75) is 6.61 Å². The van der Waals surface area contributed by atoms with Gasteiger partial charge in [-0.2, -0.15) is 0 Å². The zero-order valence-corrected chi connectivity index (χ0v) is 13.1. The number of ether oxygens (including phenoxy) is 2. The second kappa shape index (κ2) is 7.57. The summed E-state index contributed by atoms with van der Waals surface area (Å²) in [6.45, 7) is 0.411. The summed E-state index contributed by atoms with van der Waals surface area (Å²) in [5, 5.41) is 0. The molecule has 0 saturated carbocycles. The molecule has 0 N–H and O–H groups in total. The summed E-state index contributed by atoms with van der Waals surface area (Å²) in [6, 6.07) is 18.6. The Morgan fingerprint density at radius 1 is 0.840 bits per heavy atom. The van der Waals surface area contributed by atoms with Crippen LogP contribution in [0.2, 0.25) is 0 Å². The molecule has 0 atom stereocenters. The average Bonchev–Trinajstić information content (AvgIpc) is 2.64. The zero-order chi connectivity index (χ0) is 17.6. The van der Waals surface area contributed by atoms with Crippen molar-refractivity contribution in [3.63, 3.8) is 0 Å². The molecule has 3 rings (SSSR count). The Bertz CT molecular complexity index is 862. The smallest absolute Gasteiger partial charge is 0.346 e. The summed E-state index contributed by atoms with van der Waals surface area (Å²) >= 11 is 0. The summed E-state index contributed by atoms with van der Waals surface area (Å²) in [4.78, 5) is 11.9. The number of benzene rings is 3. The fourth-order valence-corrected chi connectivity index (χ4v) is 2.16. The SMILES string of the molecule is O=C(Oc1ccc(OCc2ccccc2)cc1)c1cc(F)ccc1F. The van der Waals surface area contributed by atoms with Gasteiger partial charge in [-0.05, 0) is 48.0 Å². The predicted octanol–water partition coefficient (Wildman–Crippen LogP) is 4.76. The molecule has 3 aromatic rings. The second-order valence-electron chi connectivity index (χ2n) is 5.26. The van der Waals surface area contributed by atoms with Crippen LogP contribution in [0, 0.1) is 11.6 Å². The van der Waals surface area contributed by atoms with Crippen LogP contribution in [0.25, 0.3) is 0 Å². The normalized spacial score (nSPS) is 10.3. The van der Waals surface area contributed by atoms with Crippen LogP contribution in [-0.4, -0.2) is 5.97 Å². The van der Waals surface area contributed by atoms with E-state index in [1.807, 2.05) is 30.3 Å². The van der Waals surface area contributed by atoms with Crippen LogP contribution in [-0.2, 0) is 6.61 Å². The molecule has 0 bridgehead atoms. The Hall–Kier alpha value is -3.21. The molecule has 0 heterocycles. The van der Waals surface area contributed by atoms with Crippen LogP contribution in [0.15, 0.2) is 72.8 Å². The highest BCUT2D eigenvalue weighted by Crippen LogP contribution is 2.20. The molecule has 0 spiro atoms. The first kappa shape index (κ1) is 16.6. The van der Waals surface area contributed by atoms with Gasteiger partial charge in [0.15, 0.2) is 0 Å². The molecule has 0 fully saturated rings. The van der Waals surface area contributed by atoms with Gasteiger partial charge in [-0.25, -0.2) is 13.6 Å². The van der Waals surface area contributed by atoms with Crippen LogP contribution in [0.4, 0.5) is 8.78 Å². The number of hydrogen-bond donors (Lipinski definition) is 0. The van der Waals surface area contributed by atoms with Crippen molar-refractivity contribution in [3.8, 4) is 11.5 Å². The van der Waals surface area contributed by atoms with Gasteiger partial charge in [0.05, 0.1) is 5.56 Å². The summed E-state index contributed by atoms with van der Waals surface area (Å²) in [7, 11) is 0. The summed E-state index contributed by atoms with van der Waals surface area (Å²) in [6.07, 6.45) is 0. The number of esters is 1. The van der Waals surface area contributed by atoms with Crippen LogP contribution in [0.3, 0.4) is 0 Å². The Kier molecular flexibility index (Phi) is 5.04. The quantitative estimate of drug-likeness (QED) is 0.496. The molecule has 3 nitrogen and oxygen atoms in total. The highest BCUT2D eigenvalue weighted by atomic mass is 19.1. The molecule has 3 aromatic carbocycles. The third-order valence-electron chi connectivity index (χ3n) is 3.43. The molecule has 0 amide bonds. The van der Waals surface area contributed by atoms with Crippen molar-refractivity contribution in [2.75, 3.05) is 0 Å². The Morgan fingerprint density at radius 3 is 2.24 bits per heavy atom.